The van der Waals surface area contributed by atoms with E-state index in [1.165, 1.54) is 11.3 Å². The maximum absolute atomic E-state index is 12.0. The Labute approximate surface area is 115 Å². The molecule has 0 bridgehead atoms. The van der Waals surface area contributed by atoms with Crippen molar-refractivity contribution in [3.8, 4) is 0 Å². The number of nitrogens with one attached hydrogen (secondary N) is 1. The Hall–Kier alpha value is -0.880. The first-order valence-electron chi connectivity index (χ1n) is 5.30. The second-order valence-electron chi connectivity index (χ2n) is 3.83. The lowest BCUT2D eigenvalue weighted by atomic mass is 10.1. The van der Waals surface area contributed by atoms with Gasteiger partial charge in [0.05, 0.1) is 0 Å². The molecule has 0 fully saturated rings. The van der Waals surface area contributed by atoms with Crippen molar-refractivity contribution in [3.05, 3.63) is 52.4 Å². The van der Waals surface area contributed by atoms with E-state index in [4.69, 9.17) is 11.6 Å². The summed E-state index contributed by atoms with van der Waals surface area (Å²) < 4.78 is 27.0. The van der Waals surface area contributed by atoms with Gasteiger partial charge in [-0.05, 0) is 36.1 Å². The fraction of sp³-hybridized carbons (Fsp3) is 0.167. The van der Waals surface area contributed by atoms with E-state index in [2.05, 4.69) is 4.72 Å². The van der Waals surface area contributed by atoms with Crippen molar-refractivity contribution < 1.29 is 8.42 Å². The number of hydrogen-bond acceptors (Lipinski definition) is 3. The maximum Gasteiger partial charge on any atom is 0.250 e. The lowest BCUT2D eigenvalue weighted by Gasteiger charge is -2.13. The fourth-order valence-corrected chi connectivity index (χ4v) is 3.89. The van der Waals surface area contributed by atoms with E-state index >= 15 is 0 Å². The molecule has 1 aromatic heterocycles. The maximum atomic E-state index is 12.0. The van der Waals surface area contributed by atoms with Crippen molar-refractivity contribution >= 4 is 33.0 Å². The van der Waals surface area contributed by atoms with E-state index in [0.29, 0.717) is 9.23 Å². The third-order valence-electron chi connectivity index (χ3n) is 2.46. The monoisotopic (exact) mass is 301 g/mol. The topological polar surface area (TPSA) is 46.2 Å². The molecule has 0 saturated heterocycles. The first-order chi connectivity index (χ1) is 8.49. The minimum absolute atomic E-state index is 0.297. The molecular formula is C12H12ClNO2S2. The number of rotatable bonds is 4. The normalized spacial score (nSPS) is 13.4. The van der Waals surface area contributed by atoms with E-state index in [1.807, 2.05) is 12.1 Å². The van der Waals surface area contributed by atoms with Crippen LogP contribution in [0.25, 0.3) is 0 Å². The van der Waals surface area contributed by atoms with Gasteiger partial charge in [-0.15, -0.1) is 11.3 Å². The highest BCUT2D eigenvalue weighted by molar-refractivity contribution is 7.91. The number of sulfonamides is 1. The van der Waals surface area contributed by atoms with Crippen LogP contribution in [-0.4, -0.2) is 8.42 Å². The molecular weight excluding hydrogens is 290 g/mol. The Bertz CT molecular complexity index is 606. The van der Waals surface area contributed by atoms with Crippen LogP contribution in [0, 0.1) is 0 Å². The van der Waals surface area contributed by atoms with Crippen molar-refractivity contribution in [1.29, 1.82) is 0 Å². The van der Waals surface area contributed by atoms with Gasteiger partial charge >= 0.3 is 0 Å². The average molecular weight is 302 g/mol. The van der Waals surface area contributed by atoms with Crippen LogP contribution in [0.2, 0.25) is 5.02 Å². The summed E-state index contributed by atoms with van der Waals surface area (Å²) in [5, 5.41) is 2.37. The third-order valence-corrected chi connectivity index (χ3v) is 5.65. The van der Waals surface area contributed by atoms with Gasteiger partial charge in [-0.1, -0.05) is 29.8 Å². The fourth-order valence-electron chi connectivity index (χ4n) is 1.53. The first kappa shape index (κ1) is 13.5. The molecule has 2 aromatic rings. The zero-order valence-electron chi connectivity index (χ0n) is 9.63. The van der Waals surface area contributed by atoms with Crippen LogP contribution < -0.4 is 4.72 Å². The largest absolute Gasteiger partial charge is 0.250 e. The molecule has 0 aliphatic carbocycles. The summed E-state index contributed by atoms with van der Waals surface area (Å²) in [4.78, 5) is 0. The van der Waals surface area contributed by atoms with Gasteiger partial charge in [0, 0.05) is 11.1 Å². The number of benzene rings is 1. The smallest absolute Gasteiger partial charge is 0.206 e. The molecule has 0 radical (unpaired) electrons. The van der Waals surface area contributed by atoms with Gasteiger partial charge in [0.15, 0.2) is 0 Å². The van der Waals surface area contributed by atoms with Crippen molar-refractivity contribution in [2.45, 2.75) is 17.2 Å². The summed E-state index contributed by atoms with van der Waals surface area (Å²) in [6.07, 6.45) is 0. The molecule has 0 saturated carbocycles. The summed E-state index contributed by atoms with van der Waals surface area (Å²) in [6.45, 7) is 1.80. The molecule has 0 aliphatic rings. The van der Waals surface area contributed by atoms with E-state index < -0.39 is 10.0 Å². The zero-order valence-corrected chi connectivity index (χ0v) is 12.0. The highest BCUT2D eigenvalue weighted by atomic mass is 35.5. The van der Waals surface area contributed by atoms with Crippen molar-refractivity contribution in [1.82, 2.24) is 4.72 Å². The number of hydrogen-bond donors (Lipinski definition) is 1. The molecule has 0 spiro atoms. The Morgan fingerprint density at radius 1 is 1.22 bits per heavy atom. The minimum atomic E-state index is -3.44. The lowest BCUT2D eigenvalue weighted by Crippen LogP contribution is -2.26. The standard InChI is InChI=1S/C12H12ClNO2S2/c1-9(10-4-6-11(13)7-5-10)14-18(15,16)12-3-2-8-17-12/h2-9,14H,1H3. The van der Waals surface area contributed by atoms with E-state index in [1.54, 1.807) is 36.6 Å². The van der Waals surface area contributed by atoms with Crippen LogP contribution in [0.1, 0.15) is 18.5 Å². The molecule has 6 heteroatoms. The molecule has 1 atom stereocenters. The van der Waals surface area contributed by atoms with Crippen LogP contribution in [0.3, 0.4) is 0 Å². The molecule has 1 heterocycles. The second kappa shape index (κ2) is 5.40. The zero-order chi connectivity index (χ0) is 13.2. The van der Waals surface area contributed by atoms with Gasteiger partial charge in [0.1, 0.15) is 4.21 Å². The highest BCUT2D eigenvalue weighted by Crippen LogP contribution is 2.21. The average Bonchev–Trinajstić information content (AvgIpc) is 2.83. The molecule has 96 valence electrons. The van der Waals surface area contributed by atoms with Gasteiger partial charge in [-0.3, -0.25) is 0 Å². The predicted molar refractivity (Wildman–Crippen MR) is 74.5 cm³/mol. The number of thiophene rings is 1. The predicted octanol–water partition coefficient (Wildman–Crippen LogP) is 3.44. The van der Waals surface area contributed by atoms with Gasteiger partial charge in [0.2, 0.25) is 0 Å². The van der Waals surface area contributed by atoms with Crippen molar-refractivity contribution in [3.63, 3.8) is 0 Å². The first-order valence-corrected chi connectivity index (χ1v) is 8.04. The second-order valence-corrected chi connectivity index (χ2v) is 7.15. The summed E-state index contributed by atoms with van der Waals surface area (Å²) in [5.74, 6) is 0. The molecule has 1 unspecified atom stereocenters. The molecule has 2 rings (SSSR count). The van der Waals surface area contributed by atoms with E-state index in [9.17, 15) is 8.42 Å². The van der Waals surface area contributed by atoms with Crippen LogP contribution >= 0.6 is 22.9 Å². The summed E-state index contributed by atoms with van der Waals surface area (Å²) >= 11 is 6.99. The summed E-state index contributed by atoms with van der Waals surface area (Å²) in [7, 11) is -3.44. The quantitative estimate of drug-likeness (QED) is 0.940. The summed E-state index contributed by atoms with van der Waals surface area (Å²) in [6, 6.07) is 10.1. The Balaban J connectivity index is 2.17. The van der Waals surface area contributed by atoms with Crippen molar-refractivity contribution in [2.24, 2.45) is 0 Å². The molecule has 0 aliphatic heterocycles. The molecule has 1 N–H and O–H groups in total. The van der Waals surface area contributed by atoms with Crippen LogP contribution in [-0.2, 0) is 10.0 Å². The van der Waals surface area contributed by atoms with Crippen molar-refractivity contribution in [2.75, 3.05) is 0 Å². The van der Waals surface area contributed by atoms with Gasteiger partial charge < -0.3 is 0 Å². The van der Waals surface area contributed by atoms with Gasteiger partial charge in [-0.2, -0.15) is 0 Å². The van der Waals surface area contributed by atoms with E-state index in [0.717, 1.165) is 5.56 Å². The molecule has 3 nitrogen and oxygen atoms in total. The Kier molecular flexibility index (Phi) is 4.07. The molecule has 0 amide bonds. The SMILES string of the molecule is CC(NS(=O)(=O)c1cccs1)c1ccc(Cl)cc1. The Morgan fingerprint density at radius 2 is 1.89 bits per heavy atom. The van der Waals surface area contributed by atoms with Gasteiger partial charge in [0.25, 0.3) is 10.0 Å². The molecule has 18 heavy (non-hydrogen) atoms. The Morgan fingerprint density at radius 3 is 2.44 bits per heavy atom. The minimum Gasteiger partial charge on any atom is -0.206 e. The highest BCUT2D eigenvalue weighted by Gasteiger charge is 2.18. The van der Waals surface area contributed by atoms with Gasteiger partial charge in [-0.25, -0.2) is 13.1 Å². The van der Waals surface area contributed by atoms with Crippen LogP contribution in [0.4, 0.5) is 0 Å². The summed E-state index contributed by atoms with van der Waals surface area (Å²) in [5.41, 5.74) is 0.875. The number of halogens is 1. The van der Waals surface area contributed by atoms with Crippen LogP contribution in [0.15, 0.2) is 46.0 Å². The van der Waals surface area contributed by atoms with Crippen LogP contribution in [0.5, 0.6) is 0 Å². The molecule has 1 aromatic carbocycles. The lowest BCUT2D eigenvalue weighted by molar-refractivity contribution is 0.569. The van der Waals surface area contributed by atoms with E-state index in [-0.39, 0.29) is 6.04 Å². The third kappa shape index (κ3) is 3.11.